The van der Waals surface area contributed by atoms with Gasteiger partial charge in [0.1, 0.15) is 0 Å². The van der Waals surface area contributed by atoms with E-state index in [0.717, 1.165) is 29.1 Å². The number of aromatic nitrogens is 5. The minimum atomic E-state index is -0.0109. The van der Waals surface area contributed by atoms with Crippen molar-refractivity contribution in [3.8, 4) is 0 Å². The highest BCUT2D eigenvalue weighted by Crippen LogP contribution is 2.23. The Morgan fingerprint density at radius 3 is 2.94 bits per heavy atom. The molecule has 0 aromatic carbocycles. The Labute approximate surface area is 110 Å². The lowest BCUT2D eigenvalue weighted by Crippen LogP contribution is -2.29. The first-order chi connectivity index (χ1) is 8.74. The second-order valence-corrected chi connectivity index (χ2v) is 4.93. The van der Waals surface area contributed by atoms with Gasteiger partial charge in [-0.1, -0.05) is 23.0 Å². The summed E-state index contributed by atoms with van der Waals surface area (Å²) >= 11 is 1.39. The van der Waals surface area contributed by atoms with Gasteiger partial charge in [0.25, 0.3) is 0 Å². The molecule has 2 aromatic rings. The van der Waals surface area contributed by atoms with Crippen molar-refractivity contribution in [2.45, 2.75) is 32.2 Å². The maximum absolute atomic E-state index is 5.63. The van der Waals surface area contributed by atoms with Crippen LogP contribution in [0.1, 0.15) is 35.7 Å². The number of nitrogens with zero attached hydrogens (tertiary/aromatic N) is 5. The highest BCUT2D eigenvalue weighted by Gasteiger charge is 2.19. The predicted octanol–water partition coefficient (Wildman–Crippen LogP) is 0.366. The van der Waals surface area contributed by atoms with Crippen LogP contribution in [0.4, 0.5) is 0 Å². The lowest BCUT2D eigenvalue weighted by Gasteiger charge is -2.13. The minimum Gasteiger partial charge on any atom is -0.271 e. The van der Waals surface area contributed by atoms with Gasteiger partial charge in [0, 0.05) is 19.7 Å². The van der Waals surface area contributed by atoms with Gasteiger partial charge in [-0.05, 0) is 18.0 Å². The van der Waals surface area contributed by atoms with Crippen LogP contribution in [0.2, 0.25) is 0 Å². The zero-order chi connectivity index (χ0) is 13.0. The first-order valence-electron chi connectivity index (χ1n) is 5.87. The van der Waals surface area contributed by atoms with Crippen LogP contribution in [0, 0.1) is 0 Å². The fraction of sp³-hybridized carbons (Fsp3) is 0.600. The third kappa shape index (κ3) is 2.89. The maximum atomic E-state index is 5.63. The summed E-state index contributed by atoms with van der Waals surface area (Å²) in [6, 6.07) is -0.0109. The van der Waals surface area contributed by atoms with E-state index in [-0.39, 0.29) is 6.04 Å². The van der Waals surface area contributed by atoms with Crippen LogP contribution in [0.15, 0.2) is 6.20 Å². The van der Waals surface area contributed by atoms with Gasteiger partial charge in [-0.3, -0.25) is 16.0 Å². The molecular formula is C10H17N7S. The molecule has 0 aliphatic rings. The molecule has 7 nitrogen and oxygen atoms in total. The minimum absolute atomic E-state index is 0.0109. The topological polar surface area (TPSA) is 94.5 Å². The Bertz CT molecular complexity index is 492. The first-order valence-corrected chi connectivity index (χ1v) is 6.64. The first kappa shape index (κ1) is 13.1. The van der Waals surface area contributed by atoms with Crippen LogP contribution in [0.25, 0.3) is 0 Å². The number of nitrogens with two attached hydrogens (primary N) is 1. The Balaban J connectivity index is 2.14. The molecule has 0 radical (unpaired) electrons. The van der Waals surface area contributed by atoms with E-state index in [2.05, 4.69) is 32.2 Å². The lowest BCUT2D eigenvalue weighted by atomic mass is 10.1. The highest BCUT2D eigenvalue weighted by molar-refractivity contribution is 7.05. The molecule has 1 atom stereocenters. The van der Waals surface area contributed by atoms with E-state index in [1.807, 2.05) is 13.2 Å². The third-order valence-electron chi connectivity index (χ3n) is 2.65. The molecule has 2 heterocycles. The van der Waals surface area contributed by atoms with Crippen molar-refractivity contribution in [2.24, 2.45) is 12.9 Å². The van der Waals surface area contributed by atoms with E-state index >= 15 is 0 Å². The molecule has 0 aliphatic carbocycles. The van der Waals surface area contributed by atoms with Crippen molar-refractivity contribution >= 4 is 11.5 Å². The Morgan fingerprint density at radius 2 is 2.33 bits per heavy atom. The molecule has 0 aliphatic heterocycles. The van der Waals surface area contributed by atoms with E-state index in [9.17, 15) is 0 Å². The lowest BCUT2D eigenvalue weighted by molar-refractivity contribution is 0.547. The summed E-state index contributed by atoms with van der Waals surface area (Å²) in [7, 11) is 1.85. The molecule has 2 rings (SSSR count). The van der Waals surface area contributed by atoms with Crippen molar-refractivity contribution in [1.82, 2.24) is 30.0 Å². The van der Waals surface area contributed by atoms with Crippen molar-refractivity contribution in [3.63, 3.8) is 0 Å². The van der Waals surface area contributed by atoms with E-state index in [1.165, 1.54) is 11.5 Å². The molecule has 1 unspecified atom stereocenters. The summed E-state index contributed by atoms with van der Waals surface area (Å²) in [5, 5.41) is 12.1. The molecule has 18 heavy (non-hydrogen) atoms. The number of rotatable bonds is 6. The fourth-order valence-corrected chi connectivity index (χ4v) is 2.57. The molecule has 0 spiro atoms. The molecule has 0 bridgehead atoms. The second-order valence-electron chi connectivity index (χ2n) is 4.14. The Kier molecular flexibility index (Phi) is 4.34. The summed E-state index contributed by atoms with van der Waals surface area (Å²) in [6.07, 6.45) is 4.54. The average Bonchev–Trinajstić information content (AvgIpc) is 2.96. The molecule has 0 fully saturated rings. The molecule has 8 heteroatoms. The average molecular weight is 267 g/mol. The van der Waals surface area contributed by atoms with Crippen molar-refractivity contribution < 1.29 is 0 Å². The van der Waals surface area contributed by atoms with Crippen LogP contribution in [-0.2, 0) is 19.9 Å². The van der Waals surface area contributed by atoms with Gasteiger partial charge in [0.05, 0.1) is 22.3 Å². The van der Waals surface area contributed by atoms with Crippen LogP contribution >= 0.6 is 11.5 Å². The zero-order valence-electron chi connectivity index (χ0n) is 10.5. The molecule has 3 N–H and O–H groups in total. The largest absolute Gasteiger partial charge is 0.271 e. The predicted molar refractivity (Wildman–Crippen MR) is 68.7 cm³/mol. The molecular weight excluding hydrogens is 250 g/mol. The highest BCUT2D eigenvalue weighted by atomic mass is 32.1. The molecule has 0 saturated heterocycles. The fourth-order valence-electron chi connectivity index (χ4n) is 1.82. The second kappa shape index (κ2) is 5.98. The van der Waals surface area contributed by atoms with E-state index in [4.69, 9.17) is 5.84 Å². The molecule has 2 aromatic heterocycles. The van der Waals surface area contributed by atoms with Gasteiger partial charge < -0.3 is 0 Å². The maximum Gasteiger partial charge on any atom is 0.0846 e. The zero-order valence-corrected chi connectivity index (χ0v) is 11.3. The Morgan fingerprint density at radius 1 is 1.50 bits per heavy atom. The SMILES string of the molecule is CCCc1nnsc1C(Cc1cn(C)nn1)NN. The third-order valence-corrected chi connectivity index (χ3v) is 3.53. The summed E-state index contributed by atoms with van der Waals surface area (Å²) < 4.78 is 5.69. The van der Waals surface area contributed by atoms with Gasteiger partial charge in [-0.2, -0.15) is 0 Å². The monoisotopic (exact) mass is 267 g/mol. The van der Waals surface area contributed by atoms with Crippen molar-refractivity contribution in [2.75, 3.05) is 0 Å². The van der Waals surface area contributed by atoms with Crippen LogP contribution in [0.5, 0.6) is 0 Å². The molecule has 98 valence electrons. The van der Waals surface area contributed by atoms with Gasteiger partial charge in [-0.15, -0.1) is 10.2 Å². The Hall–Kier alpha value is -1.38. The molecule has 0 saturated carbocycles. The summed E-state index contributed by atoms with van der Waals surface area (Å²) in [4.78, 5) is 1.09. The van der Waals surface area contributed by atoms with Crippen LogP contribution in [0.3, 0.4) is 0 Å². The number of hydrogen-bond donors (Lipinski definition) is 2. The van der Waals surface area contributed by atoms with Crippen molar-refractivity contribution in [1.29, 1.82) is 0 Å². The number of hydrogen-bond acceptors (Lipinski definition) is 7. The smallest absolute Gasteiger partial charge is 0.0846 e. The van der Waals surface area contributed by atoms with Gasteiger partial charge in [-0.25, -0.2) is 0 Å². The van der Waals surface area contributed by atoms with Gasteiger partial charge in [0.2, 0.25) is 0 Å². The van der Waals surface area contributed by atoms with Crippen LogP contribution < -0.4 is 11.3 Å². The van der Waals surface area contributed by atoms with Crippen molar-refractivity contribution in [3.05, 3.63) is 22.5 Å². The molecule has 0 amide bonds. The normalized spacial score (nSPS) is 12.8. The van der Waals surface area contributed by atoms with E-state index in [0.29, 0.717) is 6.42 Å². The number of nitrogens with one attached hydrogen (secondary N) is 1. The van der Waals surface area contributed by atoms with Gasteiger partial charge >= 0.3 is 0 Å². The quantitative estimate of drug-likeness (QED) is 0.580. The van der Waals surface area contributed by atoms with Crippen LogP contribution in [-0.4, -0.2) is 24.6 Å². The summed E-state index contributed by atoms with van der Waals surface area (Å²) in [5.74, 6) is 5.63. The number of hydrazine groups is 1. The standard InChI is InChI=1S/C10H17N7S/c1-3-4-8-10(18-16-14-8)9(12-11)5-7-6-17(2)15-13-7/h6,9,12H,3-5,11H2,1-2H3. The van der Waals surface area contributed by atoms with E-state index < -0.39 is 0 Å². The summed E-state index contributed by atoms with van der Waals surface area (Å²) in [6.45, 7) is 2.12. The van der Waals surface area contributed by atoms with Gasteiger partial charge in [0.15, 0.2) is 0 Å². The number of aryl methyl sites for hydroxylation is 2. The summed E-state index contributed by atoms with van der Waals surface area (Å²) in [5.41, 5.74) is 4.74. The van der Waals surface area contributed by atoms with E-state index in [1.54, 1.807) is 4.68 Å².